The smallest absolute Gasteiger partial charge is 0.261 e. The van der Waals surface area contributed by atoms with Crippen LogP contribution < -0.4 is 10.1 Å². The van der Waals surface area contributed by atoms with Crippen LogP contribution in [-0.2, 0) is 14.8 Å². The minimum absolute atomic E-state index is 0.257. The molecule has 0 spiro atoms. The lowest BCUT2D eigenvalue weighted by Crippen LogP contribution is -2.55. The Balaban J connectivity index is 1.11. The standard InChI is InChI=1S/C30H32N4O5S2/c35-29(32-30-31-26-10-9-24(17-28(26)40-30)41(36,37)34-11-3-4-12-34)25-15-20-5-1-2-6-21(20)16-27(25)38-14-13-33-18-23-8-7-22(33)19-39-23/h1-2,5-6,9-10,15-17,22-23H,3-4,7-8,11-14,18-19H2,(H,31,32,35). The molecule has 0 saturated carbocycles. The number of hydrogen-bond donors (Lipinski definition) is 1. The van der Waals surface area contributed by atoms with Crippen molar-refractivity contribution >= 4 is 53.4 Å². The molecule has 4 aliphatic rings. The second-order valence-electron chi connectivity index (χ2n) is 10.9. The van der Waals surface area contributed by atoms with Crippen molar-refractivity contribution < 1.29 is 22.7 Å². The number of benzene rings is 3. The molecule has 3 aromatic carbocycles. The van der Waals surface area contributed by atoms with E-state index in [-0.39, 0.29) is 10.8 Å². The maximum absolute atomic E-state index is 13.6. The molecule has 9 nitrogen and oxygen atoms in total. The highest BCUT2D eigenvalue weighted by Crippen LogP contribution is 2.32. The van der Waals surface area contributed by atoms with Crippen molar-refractivity contribution in [1.29, 1.82) is 0 Å². The van der Waals surface area contributed by atoms with E-state index in [9.17, 15) is 13.2 Å². The van der Waals surface area contributed by atoms with E-state index in [1.165, 1.54) is 15.6 Å². The van der Waals surface area contributed by atoms with Gasteiger partial charge in [0.1, 0.15) is 12.4 Å². The van der Waals surface area contributed by atoms with Crippen molar-refractivity contribution in [3.63, 3.8) is 0 Å². The number of amides is 1. The van der Waals surface area contributed by atoms with Gasteiger partial charge in [-0.2, -0.15) is 4.31 Å². The van der Waals surface area contributed by atoms with Gasteiger partial charge in [-0.3, -0.25) is 15.0 Å². The van der Waals surface area contributed by atoms with Crippen molar-refractivity contribution in [1.82, 2.24) is 14.2 Å². The SMILES string of the molecule is O=C(Nc1nc2ccc(S(=O)(=O)N3CCCC3)cc2s1)c1cc2ccccc2cc1OCCN1CC2CCC1CO2. The summed E-state index contributed by atoms with van der Waals surface area (Å²) in [6, 6.07) is 17.0. The topological polar surface area (TPSA) is 101 Å². The number of ether oxygens (including phenoxy) is 2. The Labute approximate surface area is 243 Å². The van der Waals surface area contributed by atoms with Crippen LogP contribution in [0.5, 0.6) is 5.75 Å². The van der Waals surface area contributed by atoms with Crippen LogP contribution in [-0.4, -0.2) is 80.1 Å². The molecule has 1 aromatic heterocycles. The van der Waals surface area contributed by atoms with E-state index in [0.29, 0.717) is 58.5 Å². The summed E-state index contributed by atoms with van der Waals surface area (Å²) in [6.07, 6.45) is 4.35. The number of carbonyl (C=O) groups excluding carboxylic acids is 1. The number of hydrogen-bond acceptors (Lipinski definition) is 8. The molecular formula is C30H32N4O5S2. The number of anilines is 1. The Kier molecular flexibility index (Phi) is 7.16. The van der Waals surface area contributed by atoms with Crippen LogP contribution in [0.3, 0.4) is 0 Å². The first-order valence-corrected chi connectivity index (χ1v) is 16.4. The molecule has 2 unspecified atom stereocenters. The summed E-state index contributed by atoms with van der Waals surface area (Å²) in [7, 11) is -3.54. The van der Waals surface area contributed by atoms with E-state index in [1.54, 1.807) is 18.2 Å². The fourth-order valence-electron chi connectivity index (χ4n) is 6.06. The van der Waals surface area contributed by atoms with E-state index in [0.717, 1.165) is 56.2 Å². The molecule has 8 rings (SSSR count). The minimum Gasteiger partial charge on any atom is -0.491 e. The lowest BCUT2D eigenvalue weighted by Gasteiger charge is -2.45. The van der Waals surface area contributed by atoms with Gasteiger partial charge in [-0.15, -0.1) is 0 Å². The van der Waals surface area contributed by atoms with Crippen molar-refractivity contribution in [3.8, 4) is 5.75 Å². The van der Waals surface area contributed by atoms with Gasteiger partial charge in [-0.1, -0.05) is 35.6 Å². The molecule has 2 atom stereocenters. The summed E-state index contributed by atoms with van der Waals surface area (Å²) >= 11 is 1.26. The van der Waals surface area contributed by atoms with Gasteiger partial charge in [0.25, 0.3) is 5.91 Å². The van der Waals surface area contributed by atoms with Gasteiger partial charge in [0, 0.05) is 32.2 Å². The van der Waals surface area contributed by atoms with Crippen LogP contribution in [0.1, 0.15) is 36.0 Å². The summed E-state index contributed by atoms with van der Waals surface area (Å²) < 4.78 is 40.4. The predicted octanol–water partition coefficient (Wildman–Crippen LogP) is 4.73. The van der Waals surface area contributed by atoms with Gasteiger partial charge in [-0.05, 0) is 66.8 Å². The number of morpholine rings is 1. The van der Waals surface area contributed by atoms with E-state index < -0.39 is 10.0 Å². The molecule has 0 aliphatic carbocycles. The van der Waals surface area contributed by atoms with E-state index in [2.05, 4.69) is 15.2 Å². The van der Waals surface area contributed by atoms with E-state index >= 15 is 0 Å². The lowest BCUT2D eigenvalue weighted by molar-refractivity contribution is -0.107. The Morgan fingerprint density at radius 2 is 1.88 bits per heavy atom. The third kappa shape index (κ3) is 5.32. The zero-order valence-electron chi connectivity index (χ0n) is 22.6. The number of carbonyl (C=O) groups is 1. The average Bonchev–Trinajstić information content (AvgIpc) is 3.68. The van der Waals surface area contributed by atoms with Crippen LogP contribution in [0.25, 0.3) is 21.0 Å². The van der Waals surface area contributed by atoms with Gasteiger partial charge in [0.05, 0.1) is 33.4 Å². The molecule has 11 heteroatoms. The van der Waals surface area contributed by atoms with Crippen LogP contribution in [0.2, 0.25) is 0 Å². The number of nitrogens with one attached hydrogen (secondary N) is 1. The van der Waals surface area contributed by atoms with E-state index in [4.69, 9.17) is 9.47 Å². The number of thiazole rings is 1. The van der Waals surface area contributed by atoms with Crippen LogP contribution in [0.4, 0.5) is 5.13 Å². The molecule has 4 saturated heterocycles. The molecule has 4 aromatic rings. The average molecular weight is 593 g/mol. The first-order chi connectivity index (χ1) is 19.9. The van der Waals surface area contributed by atoms with Crippen LogP contribution in [0.15, 0.2) is 59.5 Å². The number of piperidine rings is 1. The van der Waals surface area contributed by atoms with Crippen molar-refractivity contribution in [3.05, 3.63) is 60.2 Å². The molecule has 1 amide bonds. The molecule has 1 N–H and O–H groups in total. The first kappa shape index (κ1) is 26.8. The quantitative estimate of drug-likeness (QED) is 0.316. The monoisotopic (exact) mass is 592 g/mol. The highest BCUT2D eigenvalue weighted by molar-refractivity contribution is 7.89. The Morgan fingerprint density at radius 1 is 1.07 bits per heavy atom. The van der Waals surface area contributed by atoms with E-state index in [1.807, 2.05) is 36.4 Å². The Morgan fingerprint density at radius 3 is 2.61 bits per heavy atom. The molecule has 214 valence electrons. The van der Waals surface area contributed by atoms with Crippen LogP contribution in [0, 0.1) is 0 Å². The molecule has 2 bridgehead atoms. The van der Waals surface area contributed by atoms with Gasteiger partial charge >= 0.3 is 0 Å². The molecule has 5 heterocycles. The number of fused-ring (bicyclic) bond motifs is 5. The summed E-state index contributed by atoms with van der Waals surface area (Å²) in [4.78, 5) is 20.8. The minimum atomic E-state index is -3.54. The van der Waals surface area contributed by atoms with Gasteiger partial charge in [-0.25, -0.2) is 13.4 Å². The van der Waals surface area contributed by atoms with Crippen molar-refractivity contribution in [2.24, 2.45) is 0 Å². The molecular weight excluding hydrogens is 560 g/mol. The third-order valence-electron chi connectivity index (χ3n) is 8.31. The third-order valence-corrected chi connectivity index (χ3v) is 11.1. The van der Waals surface area contributed by atoms with Gasteiger partial charge in [0.2, 0.25) is 10.0 Å². The molecule has 4 fully saturated rings. The normalized spacial score (nSPS) is 21.6. The van der Waals surface area contributed by atoms with Crippen molar-refractivity contribution in [2.45, 2.75) is 42.7 Å². The second-order valence-corrected chi connectivity index (χ2v) is 13.9. The maximum atomic E-state index is 13.6. The van der Waals surface area contributed by atoms with Gasteiger partial charge in [0.15, 0.2) is 5.13 Å². The number of aromatic nitrogens is 1. The maximum Gasteiger partial charge on any atom is 0.261 e. The number of nitrogens with zero attached hydrogens (tertiary/aromatic N) is 3. The number of rotatable bonds is 8. The van der Waals surface area contributed by atoms with Gasteiger partial charge < -0.3 is 9.47 Å². The van der Waals surface area contributed by atoms with Crippen LogP contribution >= 0.6 is 11.3 Å². The summed E-state index contributed by atoms with van der Waals surface area (Å²) in [5.41, 5.74) is 1.07. The fourth-order valence-corrected chi connectivity index (χ4v) is 8.58. The predicted molar refractivity (Wildman–Crippen MR) is 159 cm³/mol. The lowest BCUT2D eigenvalue weighted by atomic mass is 9.97. The first-order valence-electron chi connectivity index (χ1n) is 14.2. The number of sulfonamides is 1. The largest absolute Gasteiger partial charge is 0.491 e. The highest BCUT2D eigenvalue weighted by Gasteiger charge is 2.34. The second kappa shape index (κ2) is 11.0. The molecule has 41 heavy (non-hydrogen) atoms. The summed E-state index contributed by atoms with van der Waals surface area (Å²) in [5.74, 6) is 0.208. The Hall–Kier alpha value is -3.09. The highest BCUT2D eigenvalue weighted by atomic mass is 32.2. The molecule has 4 aliphatic heterocycles. The fraction of sp³-hybridized carbons (Fsp3) is 0.400. The van der Waals surface area contributed by atoms with Crippen molar-refractivity contribution in [2.75, 3.05) is 44.7 Å². The summed E-state index contributed by atoms with van der Waals surface area (Å²) in [6.45, 7) is 4.05. The Bertz CT molecular complexity index is 1710. The summed E-state index contributed by atoms with van der Waals surface area (Å²) in [5, 5.41) is 5.27. The molecule has 0 radical (unpaired) electrons. The zero-order valence-corrected chi connectivity index (χ0v) is 24.3. The zero-order chi connectivity index (χ0) is 28.0.